The number of nitrogens with one attached hydrogen (secondary N) is 1. The summed E-state index contributed by atoms with van der Waals surface area (Å²) in [5, 5.41) is 11.9. The molecule has 2 aromatic carbocycles. The van der Waals surface area contributed by atoms with Crippen molar-refractivity contribution in [3.8, 4) is 5.75 Å². The van der Waals surface area contributed by atoms with Crippen LogP contribution in [0.5, 0.6) is 5.75 Å². The van der Waals surface area contributed by atoms with Gasteiger partial charge < -0.3 is 10.4 Å². The number of alkyl halides is 3. The van der Waals surface area contributed by atoms with Gasteiger partial charge in [-0.05, 0) is 35.4 Å². The Morgan fingerprint density at radius 3 is 2.32 bits per heavy atom. The van der Waals surface area contributed by atoms with Crippen LogP contribution in [-0.4, -0.2) is 11.0 Å². The van der Waals surface area contributed by atoms with Gasteiger partial charge in [0.1, 0.15) is 5.75 Å². The highest BCUT2D eigenvalue weighted by atomic mass is 19.4. The highest BCUT2D eigenvalue weighted by molar-refractivity contribution is 5.78. The lowest BCUT2D eigenvalue weighted by atomic mass is 10.1. The number of benzene rings is 2. The molecule has 0 heterocycles. The molecule has 0 fully saturated rings. The van der Waals surface area contributed by atoms with E-state index in [1.54, 1.807) is 12.1 Å². The Morgan fingerprint density at radius 2 is 1.73 bits per heavy atom. The number of phenols is 1. The van der Waals surface area contributed by atoms with Crippen molar-refractivity contribution < 1.29 is 23.1 Å². The molecule has 0 saturated carbocycles. The predicted molar refractivity (Wildman–Crippen MR) is 75.1 cm³/mol. The molecular weight excluding hydrogens is 295 g/mol. The lowest BCUT2D eigenvalue weighted by Crippen LogP contribution is -2.24. The van der Waals surface area contributed by atoms with Gasteiger partial charge in [-0.3, -0.25) is 4.79 Å². The summed E-state index contributed by atoms with van der Waals surface area (Å²) in [5.41, 5.74) is 0.518. The van der Waals surface area contributed by atoms with Crippen molar-refractivity contribution in [2.45, 2.75) is 19.1 Å². The fourth-order valence-electron chi connectivity index (χ4n) is 1.93. The van der Waals surface area contributed by atoms with E-state index in [2.05, 4.69) is 5.32 Å². The number of phenolic OH excluding ortho intramolecular Hbond substituents is 1. The Balaban J connectivity index is 1.88. The average molecular weight is 309 g/mol. The van der Waals surface area contributed by atoms with Gasteiger partial charge in [0, 0.05) is 6.54 Å². The first kappa shape index (κ1) is 15.9. The van der Waals surface area contributed by atoms with E-state index in [1.807, 2.05) is 0 Å². The topological polar surface area (TPSA) is 49.3 Å². The van der Waals surface area contributed by atoms with Gasteiger partial charge in [-0.25, -0.2) is 0 Å². The molecule has 3 nitrogen and oxygen atoms in total. The Bertz CT molecular complexity index is 651. The molecule has 2 N–H and O–H groups in total. The van der Waals surface area contributed by atoms with Crippen LogP contribution in [0.2, 0.25) is 0 Å². The van der Waals surface area contributed by atoms with Gasteiger partial charge in [-0.2, -0.15) is 13.2 Å². The van der Waals surface area contributed by atoms with Gasteiger partial charge >= 0.3 is 6.18 Å². The van der Waals surface area contributed by atoms with E-state index in [-0.39, 0.29) is 24.6 Å². The first-order valence-electron chi connectivity index (χ1n) is 6.55. The van der Waals surface area contributed by atoms with E-state index in [4.69, 9.17) is 0 Å². The second-order valence-corrected chi connectivity index (χ2v) is 4.82. The Morgan fingerprint density at radius 1 is 1.05 bits per heavy atom. The van der Waals surface area contributed by atoms with Crippen molar-refractivity contribution in [1.82, 2.24) is 5.32 Å². The molecule has 0 unspecified atom stereocenters. The van der Waals surface area contributed by atoms with Crippen molar-refractivity contribution in [2.24, 2.45) is 0 Å². The molecule has 116 valence electrons. The van der Waals surface area contributed by atoms with Crippen molar-refractivity contribution in [1.29, 1.82) is 0 Å². The van der Waals surface area contributed by atoms with Crippen LogP contribution in [0.15, 0.2) is 48.5 Å². The number of amides is 1. The number of hydrogen-bond acceptors (Lipinski definition) is 2. The summed E-state index contributed by atoms with van der Waals surface area (Å²) in [6.45, 7) is 0.149. The van der Waals surface area contributed by atoms with E-state index in [0.717, 1.165) is 12.1 Å². The second kappa shape index (κ2) is 6.51. The molecule has 1 amide bonds. The highest BCUT2D eigenvalue weighted by Gasteiger charge is 2.29. The number of carbonyl (C=O) groups is 1. The second-order valence-electron chi connectivity index (χ2n) is 4.82. The smallest absolute Gasteiger partial charge is 0.416 e. The fourth-order valence-corrected chi connectivity index (χ4v) is 1.93. The maximum atomic E-state index is 12.4. The normalized spacial score (nSPS) is 11.2. The van der Waals surface area contributed by atoms with Crippen LogP contribution in [-0.2, 0) is 23.9 Å². The minimum atomic E-state index is -4.36. The molecule has 0 aliphatic carbocycles. The Hall–Kier alpha value is -2.50. The largest absolute Gasteiger partial charge is 0.508 e. The predicted octanol–water partition coefficient (Wildman–Crippen LogP) is 3.27. The van der Waals surface area contributed by atoms with Crippen LogP contribution in [0, 0.1) is 0 Å². The maximum absolute atomic E-state index is 12.4. The SMILES string of the molecule is O=C(Cc1cccc(O)c1)NCc1ccc(C(F)(F)F)cc1. The van der Waals surface area contributed by atoms with E-state index in [9.17, 15) is 23.1 Å². The summed E-state index contributed by atoms with van der Waals surface area (Å²) in [7, 11) is 0. The summed E-state index contributed by atoms with van der Waals surface area (Å²) in [4.78, 5) is 11.8. The maximum Gasteiger partial charge on any atom is 0.416 e. The molecule has 0 radical (unpaired) electrons. The summed E-state index contributed by atoms with van der Waals surface area (Å²) in [6, 6.07) is 11.0. The summed E-state index contributed by atoms with van der Waals surface area (Å²) < 4.78 is 37.3. The van der Waals surface area contributed by atoms with Crippen LogP contribution >= 0.6 is 0 Å². The van der Waals surface area contributed by atoms with Crippen LogP contribution < -0.4 is 5.32 Å². The quantitative estimate of drug-likeness (QED) is 0.910. The molecule has 22 heavy (non-hydrogen) atoms. The number of hydrogen-bond donors (Lipinski definition) is 2. The third kappa shape index (κ3) is 4.51. The summed E-state index contributed by atoms with van der Waals surface area (Å²) >= 11 is 0. The Kier molecular flexibility index (Phi) is 4.70. The minimum Gasteiger partial charge on any atom is -0.508 e. The Labute approximate surface area is 125 Å². The first-order chi connectivity index (χ1) is 10.3. The molecule has 0 aliphatic heterocycles. The molecule has 0 spiro atoms. The summed E-state index contributed by atoms with van der Waals surface area (Å²) in [6.07, 6.45) is -4.27. The van der Waals surface area contributed by atoms with E-state index >= 15 is 0 Å². The monoisotopic (exact) mass is 309 g/mol. The van der Waals surface area contributed by atoms with Gasteiger partial charge in [0.2, 0.25) is 5.91 Å². The van der Waals surface area contributed by atoms with Crippen LogP contribution in [0.4, 0.5) is 13.2 Å². The molecular formula is C16H14F3NO2. The zero-order valence-corrected chi connectivity index (χ0v) is 11.5. The molecule has 0 saturated heterocycles. The van der Waals surface area contributed by atoms with E-state index in [1.165, 1.54) is 24.3 Å². The third-order valence-electron chi connectivity index (χ3n) is 3.05. The van der Waals surface area contributed by atoms with Gasteiger partial charge in [0.25, 0.3) is 0 Å². The number of aromatic hydroxyl groups is 1. The summed E-state index contributed by atoms with van der Waals surface area (Å²) in [5.74, 6) is -0.196. The minimum absolute atomic E-state index is 0.0769. The van der Waals surface area contributed by atoms with E-state index in [0.29, 0.717) is 11.1 Å². The standard InChI is InChI=1S/C16H14F3NO2/c17-16(18,19)13-6-4-11(5-7-13)10-20-15(22)9-12-2-1-3-14(21)8-12/h1-8,21H,9-10H2,(H,20,22). The molecule has 2 aromatic rings. The average Bonchev–Trinajstić information content (AvgIpc) is 2.45. The third-order valence-corrected chi connectivity index (χ3v) is 3.05. The fraction of sp³-hybridized carbons (Fsp3) is 0.188. The number of carbonyl (C=O) groups excluding carboxylic acids is 1. The molecule has 0 aromatic heterocycles. The number of halogens is 3. The zero-order valence-electron chi connectivity index (χ0n) is 11.5. The van der Waals surface area contributed by atoms with Crippen LogP contribution in [0.1, 0.15) is 16.7 Å². The first-order valence-corrected chi connectivity index (χ1v) is 6.55. The zero-order chi connectivity index (χ0) is 16.2. The van der Waals surface area contributed by atoms with Gasteiger partial charge in [0.05, 0.1) is 12.0 Å². The molecule has 6 heteroatoms. The molecule has 2 rings (SSSR count). The van der Waals surface area contributed by atoms with Gasteiger partial charge in [-0.1, -0.05) is 24.3 Å². The van der Waals surface area contributed by atoms with Crippen molar-refractivity contribution in [3.63, 3.8) is 0 Å². The lowest BCUT2D eigenvalue weighted by Gasteiger charge is -2.09. The van der Waals surface area contributed by atoms with Crippen LogP contribution in [0.3, 0.4) is 0 Å². The van der Waals surface area contributed by atoms with Crippen LogP contribution in [0.25, 0.3) is 0 Å². The lowest BCUT2D eigenvalue weighted by molar-refractivity contribution is -0.137. The van der Waals surface area contributed by atoms with Gasteiger partial charge in [-0.15, -0.1) is 0 Å². The number of rotatable bonds is 4. The highest BCUT2D eigenvalue weighted by Crippen LogP contribution is 2.29. The molecule has 0 aliphatic rings. The van der Waals surface area contributed by atoms with Gasteiger partial charge in [0.15, 0.2) is 0 Å². The van der Waals surface area contributed by atoms with Crippen molar-refractivity contribution in [2.75, 3.05) is 0 Å². The molecule has 0 atom stereocenters. The van der Waals surface area contributed by atoms with Crippen molar-refractivity contribution in [3.05, 3.63) is 65.2 Å². The molecule has 0 bridgehead atoms. The van der Waals surface area contributed by atoms with Crippen molar-refractivity contribution >= 4 is 5.91 Å². The van der Waals surface area contributed by atoms with E-state index < -0.39 is 11.7 Å².